The molecular weight excluding hydrogens is 527 g/mol. The van der Waals surface area contributed by atoms with E-state index in [2.05, 4.69) is 5.32 Å². The van der Waals surface area contributed by atoms with E-state index in [9.17, 15) is 4.79 Å². The first kappa shape index (κ1) is 25.4. The van der Waals surface area contributed by atoms with Crippen molar-refractivity contribution in [3.8, 4) is 5.75 Å². The standard InChI is InChI=1S/C28H24Cl2N4O2S/c1-17-25(18(2)35)26(19-10-7-11-22(14-19)36-15-20-8-3-5-12-23(20)29)34-27(31-17)32-28(33-34)37-16-21-9-4-6-13-24(21)30/h3-14,26H,15-16H2,1-2H3,(H,31,32,33). The average Bonchev–Trinajstić information content (AvgIpc) is 3.29. The van der Waals surface area contributed by atoms with Gasteiger partial charge in [0.1, 0.15) is 18.4 Å². The van der Waals surface area contributed by atoms with E-state index < -0.39 is 6.04 Å². The third kappa shape index (κ3) is 5.54. The van der Waals surface area contributed by atoms with Crippen LogP contribution in [0.5, 0.6) is 5.75 Å². The molecule has 0 bridgehead atoms. The molecule has 0 spiro atoms. The summed E-state index contributed by atoms with van der Waals surface area (Å²) >= 11 is 14.1. The van der Waals surface area contributed by atoms with Gasteiger partial charge in [0.2, 0.25) is 11.1 Å². The van der Waals surface area contributed by atoms with Crippen LogP contribution in [0.3, 0.4) is 0 Å². The molecule has 0 saturated carbocycles. The summed E-state index contributed by atoms with van der Waals surface area (Å²) in [6.45, 7) is 3.79. The zero-order chi connectivity index (χ0) is 25.9. The number of allylic oxidation sites excluding steroid dienone is 2. The number of nitrogens with zero attached hydrogens (tertiary/aromatic N) is 3. The average molecular weight is 551 g/mol. The van der Waals surface area contributed by atoms with E-state index in [-0.39, 0.29) is 5.78 Å². The minimum Gasteiger partial charge on any atom is -0.489 e. The second-order valence-corrected chi connectivity index (χ2v) is 10.4. The highest BCUT2D eigenvalue weighted by molar-refractivity contribution is 7.98. The molecule has 0 radical (unpaired) electrons. The number of benzene rings is 3. The van der Waals surface area contributed by atoms with E-state index in [1.165, 1.54) is 11.8 Å². The van der Waals surface area contributed by atoms with E-state index in [0.717, 1.165) is 22.4 Å². The first-order valence-electron chi connectivity index (χ1n) is 11.7. The molecule has 0 fully saturated rings. The maximum Gasteiger partial charge on any atom is 0.227 e. The summed E-state index contributed by atoms with van der Waals surface area (Å²) in [5.74, 6) is 1.84. The zero-order valence-corrected chi connectivity index (χ0v) is 22.6. The fourth-order valence-electron chi connectivity index (χ4n) is 4.27. The monoisotopic (exact) mass is 550 g/mol. The van der Waals surface area contributed by atoms with Gasteiger partial charge < -0.3 is 10.1 Å². The fraction of sp³-hybridized carbons (Fsp3) is 0.179. The Labute approximate surface area is 229 Å². The zero-order valence-electron chi connectivity index (χ0n) is 20.2. The number of fused-ring (bicyclic) bond motifs is 1. The predicted octanol–water partition coefficient (Wildman–Crippen LogP) is 7.33. The first-order valence-corrected chi connectivity index (χ1v) is 13.4. The maximum atomic E-state index is 12.8. The Kier molecular flexibility index (Phi) is 7.55. The molecule has 3 aromatic carbocycles. The maximum absolute atomic E-state index is 12.8. The lowest BCUT2D eigenvalue weighted by molar-refractivity contribution is -0.114. The molecule has 2 heterocycles. The molecule has 1 atom stereocenters. The second-order valence-electron chi connectivity index (χ2n) is 8.62. The van der Waals surface area contributed by atoms with Gasteiger partial charge >= 0.3 is 0 Å². The van der Waals surface area contributed by atoms with Crippen LogP contribution in [0.2, 0.25) is 10.0 Å². The van der Waals surface area contributed by atoms with E-state index in [4.69, 9.17) is 38.0 Å². The molecule has 0 saturated heterocycles. The van der Waals surface area contributed by atoms with Crippen molar-refractivity contribution in [2.45, 2.75) is 37.4 Å². The quantitative estimate of drug-likeness (QED) is 0.231. The van der Waals surface area contributed by atoms with Crippen LogP contribution in [0.15, 0.2) is 89.2 Å². The third-order valence-corrected chi connectivity index (χ3v) is 7.68. The second kappa shape index (κ2) is 11.0. The predicted molar refractivity (Wildman–Crippen MR) is 148 cm³/mol. The molecule has 0 amide bonds. The molecule has 5 rings (SSSR count). The van der Waals surface area contributed by atoms with Crippen molar-refractivity contribution in [2.75, 3.05) is 5.32 Å². The highest BCUT2D eigenvalue weighted by Crippen LogP contribution is 2.38. The van der Waals surface area contributed by atoms with Crippen LogP contribution in [0, 0.1) is 0 Å². The summed E-state index contributed by atoms with van der Waals surface area (Å²) in [6.07, 6.45) is 0. The minimum absolute atomic E-state index is 0.0381. The van der Waals surface area contributed by atoms with Crippen LogP contribution >= 0.6 is 35.0 Å². The van der Waals surface area contributed by atoms with Crippen molar-refractivity contribution in [1.82, 2.24) is 14.8 Å². The van der Waals surface area contributed by atoms with Gasteiger partial charge in [-0.2, -0.15) is 4.98 Å². The van der Waals surface area contributed by atoms with E-state index in [1.807, 2.05) is 79.7 Å². The van der Waals surface area contributed by atoms with Gasteiger partial charge in [-0.25, -0.2) is 4.68 Å². The smallest absolute Gasteiger partial charge is 0.227 e. The number of rotatable bonds is 8. The molecule has 1 aliphatic heterocycles. The summed E-state index contributed by atoms with van der Waals surface area (Å²) < 4.78 is 7.83. The summed E-state index contributed by atoms with van der Waals surface area (Å²) in [4.78, 5) is 17.5. The van der Waals surface area contributed by atoms with Gasteiger partial charge in [-0.15, -0.1) is 5.10 Å². The Hall–Kier alpha value is -3.26. The van der Waals surface area contributed by atoms with Crippen molar-refractivity contribution in [2.24, 2.45) is 0 Å². The van der Waals surface area contributed by atoms with Crippen molar-refractivity contribution in [3.63, 3.8) is 0 Å². The van der Waals surface area contributed by atoms with Crippen LogP contribution in [0.4, 0.5) is 5.95 Å². The van der Waals surface area contributed by atoms with Gasteiger partial charge in [0, 0.05) is 32.6 Å². The molecule has 1 N–H and O–H groups in total. The Morgan fingerprint density at radius 3 is 2.43 bits per heavy atom. The molecule has 1 unspecified atom stereocenters. The number of anilines is 1. The third-order valence-electron chi connectivity index (χ3n) is 6.05. The van der Waals surface area contributed by atoms with Gasteiger partial charge in [0.25, 0.3) is 0 Å². The van der Waals surface area contributed by atoms with Crippen LogP contribution in [-0.2, 0) is 17.2 Å². The van der Waals surface area contributed by atoms with Crippen LogP contribution in [-0.4, -0.2) is 20.5 Å². The molecule has 9 heteroatoms. The largest absolute Gasteiger partial charge is 0.489 e. The number of hydrogen-bond donors (Lipinski definition) is 1. The molecule has 188 valence electrons. The Morgan fingerprint density at radius 2 is 1.73 bits per heavy atom. The lowest BCUT2D eigenvalue weighted by Crippen LogP contribution is -2.27. The Morgan fingerprint density at radius 1 is 1.03 bits per heavy atom. The minimum atomic E-state index is -0.445. The normalized spacial score (nSPS) is 14.8. The topological polar surface area (TPSA) is 69.0 Å². The van der Waals surface area contributed by atoms with E-state index in [1.54, 1.807) is 11.6 Å². The lowest BCUT2D eigenvalue weighted by Gasteiger charge is -2.28. The SMILES string of the molecule is CC(=O)C1=C(C)Nc2nc(SCc3ccccc3Cl)nn2C1c1cccc(OCc2ccccc2Cl)c1. The number of carbonyl (C=O) groups is 1. The number of carbonyl (C=O) groups excluding carboxylic acids is 1. The number of aromatic nitrogens is 3. The summed E-state index contributed by atoms with van der Waals surface area (Å²) in [6, 6.07) is 22.6. The number of thioether (sulfide) groups is 1. The Balaban J connectivity index is 1.44. The lowest BCUT2D eigenvalue weighted by atomic mass is 9.93. The molecule has 0 aliphatic carbocycles. The van der Waals surface area contributed by atoms with Crippen molar-refractivity contribution in [3.05, 3.63) is 111 Å². The number of ether oxygens (including phenoxy) is 1. The van der Waals surface area contributed by atoms with Gasteiger partial charge in [0.05, 0.1) is 0 Å². The van der Waals surface area contributed by atoms with Gasteiger partial charge in [-0.05, 0) is 49.2 Å². The summed E-state index contributed by atoms with van der Waals surface area (Å²) in [7, 11) is 0. The number of halogens is 2. The molecule has 37 heavy (non-hydrogen) atoms. The number of Topliss-reactive ketones (excluding diaryl/α,β-unsaturated/α-hetero) is 1. The fourth-order valence-corrected chi connectivity index (χ4v) is 5.57. The highest BCUT2D eigenvalue weighted by atomic mass is 35.5. The van der Waals surface area contributed by atoms with Crippen LogP contribution < -0.4 is 10.1 Å². The van der Waals surface area contributed by atoms with E-state index >= 15 is 0 Å². The van der Waals surface area contributed by atoms with Crippen molar-refractivity contribution < 1.29 is 9.53 Å². The van der Waals surface area contributed by atoms with Gasteiger partial charge in [-0.1, -0.05) is 83.5 Å². The van der Waals surface area contributed by atoms with Gasteiger partial charge in [-0.3, -0.25) is 4.79 Å². The Bertz CT molecular complexity index is 1500. The molecule has 4 aromatic rings. The molecular formula is C28H24Cl2N4O2S. The highest BCUT2D eigenvalue weighted by Gasteiger charge is 2.33. The molecule has 6 nitrogen and oxygen atoms in total. The number of ketones is 1. The first-order chi connectivity index (χ1) is 17.9. The van der Waals surface area contributed by atoms with E-state index in [0.29, 0.717) is 44.8 Å². The van der Waals surface area contributed by atoms with Crippen molar-refractivity contribution >= 4 is 46.7 Å². The molecule has 1 aromatic heterocycles. The van der Waals surface area contributed by atoms with Crippen LogP contribution in [0.25, 0.3) is 0 Å². The number of hydrogen-bond acceptors (Lipinski definition) is 6. The number of nitrogens with one attached hydrogen (secondary N) is 1. The van der Waals surface area contributed by atoms with Crippen molar-refractivity contribution in [1.29, 1.82) is 0 Å². The molecule has 1 aliphatic rings. The van der Waals surface area contributed by atoms with Gasteiger partial charge in [0.15, 0.2) is 5.78 Å². The summed E-state index contributed by atoms with van der Waals surface area (Å²) in [5.41, 5.74) is 4.16. The van der Waals surface area contributed by atoms with Crippen LogP contribution in [0.1, 0.15) is 36.6 Å². The summed E-state index contributed by atoms with van der Waals surface area (Å²) in [5, 5.41) is 9.98.